The molecule has 0 aliphatic rings. The summed E-state index contributed by atoms with van der Waals surface area (Å²) >= 11 is 0. The topological polar surface area (TPSA) is 67.7 Å². The van der Waals surface area contributed by atoms with Gasteiger partial charge in [-0.3, -0.25) is 24.8 Å². The SMILES string of the molecule is FC(F)(F)c1cc[c-]c(-c2nc(N(c3ccccn3)c3ccc(-c4ccncc4)c(-c4[c-]ccc(C(F)(F)F)c4)n3)ccc2-c2ccncc2)c1.[Pt+2]. The van der Waals surface area contributed by atoms with Crippen molar-refractivity contribution < 1.29 is 47.4 Å². The molecule has 6 nitrogen and oxygen atoms in total. The van der Waals surface area contributed by atoms with Gasteiger partial charge in [-0.15, -0.1) is 59.7 Å². The van der Waals surface area contributed by atoms with Crippen molar-refractivity contribution in [2.24, 2.45) is 0 Å². The predicted octanol–water partition coefficient (Wildman–Crippen LogP) is 10.4. The normalized spacial score (nSPS) is 11.5. The fraction of sp³-hybridized carbons (Fsp3) is 0.0513. The van der Waals surface area contributed by atoms with E-state index in [9.17, 15) is 26.3 Å². The van der Waals surface area contributed by atoms with Crippen molar-refractivity contribution in [1.82, 2.24) is 24.9 Å². The molecule has 0 N–H and O–H groups in total. The molecule has 7 rings (SSSR count). The van der Waals surface area contributed by atoms with Crippen molar-refractivity contribution in [3.05, 3.63) is 157 Å². The number of anilines is 3. The number of pyridine rings is 5. The summed E-state index contributed by atoms with van der Waals surface area (Å²) in [5, 5.41) is 0. The van der Waals surface area contributed by atoms with Crippen LogP contribution in [0.2, 0.25) is 0 Å². The van der Waals surface area contributed by atoms with Crippen LogP contribution < -0.4 is 4.90 Å². The molecule has 5 aromatic heterocycles. The molecule has 2 aromatic carbocycles. The van der Waals surface area contributed by atoms with Crippen LogP contribution in [0.5, 0.6) is 0 Å². The zero-order valence-electron chi connectivity index (χ0n) is 26.5. The molecule has 0 aliphatic carbocycles. The minimum Gasteiger partial charge on any atom is -0.280 e. The molecule has 0 atom stereocenters. The number of hydrogen-bond donors (Lipinski definition) is 0. The van der Waals surface area contributed by atoms with E-state index >= 15 is 0 Å². The Morgan fingerprint density at radius 2 is 0.962 bits per heavy atom. The number of nitrogens with zero attached hydrogens (tertiary/aromatic N) is 6. The zero-order chi connectivity index (χ0) is 35.6. The fourth-order valence-electron chi connectivity index (χ4n) is 5.48. The van der Waals surface area contributed by atoms with Gasteiger partial charge in [-0.2, -0.15) is 26.3 Å². The van der Waals surface area contributed by atoms with Crippen LogP contribution in [-0.2, 0) is 33.4 Å². The van der Waals surface area contributed by atoms with Gasteiger partial charge in [0, 0.05) is 31.0 Å². The summed E-state index contributed by atoms with van der Waals surface area (Å²) in [5.74, 6) is 0.773. The van der Waals surface area contributed by atoms with Crippen molar-refractivity contribution >= 4 is 17.5 Å². The molecule has 7 aromatic rings. The third kappa shape index (κ3) is 7.62. The van der Waals surface area contributed by atoms with Gasteiger partial charge < -0.3 is 0 Å². The zero-order valence-corrected chi connectivity index (χ0v) is 28.7. The molecule has 0 saturated carbocycles. The average molecular weight is 884 g/mol. The van der Waals surface area contributed by atoms with E-state index in [2.05, 4.69) is 27.1 Å². The Hall–Kier alpha value is -5.74. The maximum Gasteiger partial charge on any atom is 2.00 e. The molecule has 0 fully saturated rings. The van der Waals surface area contributed by atoms with E-state index in [4.69, 9.17) is 9.97 Å². The van der Waals surface area contributed by atoms with Gasteiger partial charge >= 0.3 is 33.4 Å². The summed E-state index contributed by atoms with van der Waals surface area (Å²) in [6.45, 7) is 0. The molecule has 0 saturated heterocycles. The molecule has 5 heterocycles. The van der Waals surface area contributed by atoms with Gasteiger partial charge in [0.15, 0.2) is 0 Å². The third-order valence-corrected chi connectivity index (χ3v) is 7.85. The van der Waals surface area contributed by atoms with Crippen LogP contribution in [0, 0.1) is 12.1 Å². The number of aromatic nitrogens is 5. The Kier molecular flexibility index (Phi) is 10.3. The van der Waals surface area contributed by atoms with Crippen LogP contribution in [0.1, 0.15) is 11.1 Å². The molecule has 0 aliphatic heterocycles. The number of alkyl halides is 6. The number of benzene rings is 2. The summed E-state index contributed by atoms with van der Waals surface area (Å²) in [5.41, 5.74) is 1.11. The van der Waals surface area contributed by atoms with Gasteiger partial charge in [-0.05, 0) is 93.3 Å². The van der Waals surface area contributed by atoms with Gasteiger partial charge in [-0.25, -0.2) is 4.98 Å². The van der Waals surface area contributed by atoms with E-state index in [-0.39, 0.29) is 55.2 Å². The van der Waals surface area contributed by atoms with Gasteiger partial charge in [-0.1, -0.05) is 18.2 Å². The van der Waals surface area contributed by atoms with Crippen LogP contribution in [0.15, 0.2) is 134 Å². The minimum absolute atomic E-state index is 0. The van der Waals surface area contributed by atoms with Crippen molar-refractivity contribution in [2.45, 2.75) is 12.4 Å². The Labute approximate surface area is 308 Å². The molecule has 0 radical (unpaired) electrons. The number of hydrogen-bond acceptors (Lipinski definition) is 6. The molecule has 13 heteroatoms. The molecule has 260 valence electrons. The largest absolute Gasteiger partial charge is 2.00 e. The maximum atomic E-state index is 13.8. The fourth-order valence-corrected chi connectivity index (χ4v) is 5.48. The minimum atomic E-state index is -4.62. The molecule has 0 unspecified atom stereocenters. The van der Waals surface area contributed by atoms with Crippen molar-refractivity contribution in [1.29, 1.82) is 0 Å². The standard InChI is InChI=1S/C39H22F6N6.Pt/c40-38(41,42)29-7-3-5-27(23-29)36-31(25-14-19-46-20-15-25)10-12-34(49-36)51(33-9-1-2-18-48-33)35-13-11-32(26-16-21-47-22-17-26)37(50-35)28-6-4-8-30(24-28)39(43,44)45;/h1-4,7-24H;/q-2;+2. The Balaban J connectivity index is 0.00000464. The monoisotopic (exact) mass is 883 g/mol. The van der Waals surface area contributed by atoms with Crippen molar-refractivity contribution in [3.63, 3.8) is 0 Å². The van der Waals surface area contributed by atoms with Crippen LogP contribution in [0.25, 0.3) is 44.8 Å². The van der Waals surface area contributed by atoms with Gasteiger partial charge in [0.2, 0.25) is 0 Å². The summed E-state index contributed by atoms with van der Waals surface area (Å²) in [4.78, 5) is 24.0. The van der Waals surface area contributed by atoms with Gasteiger partial charge in [0.05, 0.1) is 0 Å². The molecule has 0 bridgehead atoms. The Bertz CT molecular complexity index is 2160. The molecular formula is C39H22F6N6Pt. The van der Waals surface area contributed by atoms with Crippen molar-refractivity contribution in [2.75, 3.05) is 4.90 Å². The summed E-state index contributed by atoms with van der Waals surface area (Å²) in [6, 6.07) is 30.7. The second kappa shape index (κ2) is 14.9. The first kappa shape index (κ1) is 36.1. The van der Waals surface area contributed by atoms with Crippen LogP contribution >= 0.6 is 0 Å². The second-order valence-corrected chi connectivity index (χ2v) is 11.1. The molecule has 0 spiro atoms. The van der Waals surface area contributed by atoms with E-state index in [1.54, 1.807) is 103 Å². The van der Waals surface area contributed by atoms with E-state index in [0.717, 1.165) is 24.3 Å². The van der Waals surface area contributed by atoms with Gasteiger partial charge in [0.25, 0.3) is 0 Å². The van der Waals surface area contributed by atoms with E-state index in [1.807, 2.05) is 0 Å². The van der Waals surface area contributed by atoms with E-state index in [1.165, 1.54) is 12.1 Å². The van der Waals surface area contributed by atoms with E-state index < -0.39 is 23.5 Å². The molecular weight excluding hydrogens is 862 g/mol. The predicted molar refractivity (Wildman–Crippen MR) is 180 cm³/mol. The van der Waals surface area contributed by atoms with Crippen molar-refractivity contribution in [3.8, 4) is 44.8 Å². The summed E-state index contributed by atoms with van der Waals surface area (Å²) < 4.78 is 83.1. The maximum absolute atomic E-state index is 13.8. The first-order valence-corrected chi connectivity index (χ1v) is 15.3. The van der Waals surface area contributed by atoms with Crippen LogP contribution in [-0.4, -0.2) is 24.9 Å². The molecule has 52 heavy (non-hydrogen) atoms. The summed E-state index contributed by atoms with van der Waals surface area (Å²) in [6.07, 6.45) is -1.45. The average Bonchev–Trinajstić information content (AvgIpc) is 3.15. The Morgan fingerprint density at radius 1 is 0.500 bits per heavy atom. The van der Waals surface area contributed by atoms with E-state index in [0.29, 0.717) is 28.1 Å². The van der Waals surface area contributed by atoms with Crippen LogP contribution in [0.3, 0.4) is 0 Å². The number of rotatable bonds is 7. The molecule has 0 amide bonds. The first-order chi connectivity index (χ1) is 24.6. The quantitative estimate of drug-likeness (QED) is 0.117. The summed E-state index contributed by atoms with van der Waals surface area (Å²) in [7, 11) is 0. The second-order valence-electron chi connectivity index (χ2n) is 11.1. The van der Waals surface area contributed by atoms with Gasteiger partial charge in [0.1, 0.15) is 17.5 Å². The number of halogens is 6. The smallest absolute Gasteiger partial charge is 0.280 e. The third-order valence-electron chi connectivity index (χ3n) is 7.85. The Morgan fingerprint density at radius 3 is 1.37 bits per heavy atom. The first-order valence-electron chi connectivity index (χ1n) is 15.3. The van der Waals surface area contributed by atoms with Crippen LogP contribution in [0.4, 0.5) is 43.8 Å².